The average molecular weight is 713 g/mol. The van der Waals surface area contributed by atoms with Gasteiger partial charge in [0, 0.05) is 42.0 Å². The molecule has 1 atom stereocenters. The molecule has 2 aromatic carbocycles. The third-order valence-electron chi connectivity index (χ3n) is 9.54. The fourth-order valence-electron chi connectivity index (χ4n) is 6.89. The minimum absolute atomic E-state index is 0.0764. The van der Waals surface area contributed by atoms with E-state index in [2.05, 4.69) is 50.4 Å². The van der Waals surface area contributed by atoms with Crippen LogP contribution in [0.2, 0.25) is 0 Å². The van der Waals surface area contributed by atoms with Gasteiger partial charge in [-0.25, -0.2) is 18.1 Å². The van der Waals surface area contributed by atoms with E-state index in [1.807, 2.05) is 26.0 Å². The Bertz CT molecular complexity index is 2000. The van der Waals surface area contributed by atoms with Gasteiger partial charge in [-0.05, 0) is 73.8 Å². The fraction of sp³-hybridized carbons (Fsp3) is 0.462. The number of nitrogens with one attached hydrogen (secondary N) is 1. The summed E-state index contributed by atoms with van der Waals surface area (Å²) < 4.78 is 42.4. The number of aryl methyl sites for hydroxylation is 1. The smallest absolute Gasteiger partial charge is 0.264 e. The van der Waals surface area contributed by atoms with Crippen LogP contribution in [0.3, 0.4) is 0 Å². The number of ether oxygens (including phenoxy) is 2. The molecule has 51 heavy (non-hydrogen) atoms. The van der Waals surface area contributed by atoms with Gasteiger partial charge in [0.2, 0.25) is 11.8 Å². The molecule has 4 bridgehead atoms. The maximum Gasteiger partial charge on any atom is 0.264 e. The van der Waals surface area contributed by atoms with Crippen molar-refractivity contribution in [3.05, 3.63) is 88.5 Å². The molecule has 2 aromatic heterocycles. The number of sulfonamides is 1. The van der Waals surface area contributed by atoms with Gasteiger partial charge >= 0.3 is 0 Å². The van der Waals surface area contributed by atoms with Gasteiger partial charge in [0.15, 0.2) is 0 Å². The summed E-state index contributed by atoms with van der Waals surface area (Å²) in [7, 11) is -4.20. The number of hydrogen-bond acceptors (Lipinski definition) is 9. The number of carbonyl (C=O) groups excluding carboxylic acids is 1. The molecular weight excluding hydrogens is 665 g/mol. The van der Waals surface area contributed by atoms with Gasteiger partial charge in [-0.3, -0.25) is 14.8 Å². The number of benzene rings is 2. The lowest BCUT2D eigenvalue weighted by molar-refractivity contribution is 0.0508. The molecule has 1 N–H and O–H groups in total. The molecule has 1 fully saturated rings. The Morgan fingerprint density at radius 1 is 1.00 bits per heavy atom. The van der Waals surface area contributed by atoms with E-state index >= 15 is 0 Å². The van der Waals surface area contributed by atoms with Crippen molar-refractivity contribution >= 4 is 21.9 Å². The zero-order valence-electron chi connectivity index (χ0n) is 30.6. The molecule has 4 aromatic rings. The van der Waals surface area contributed by atoms with E-state index in [4.69, 9.17) is 24.4 Å². The number of nitrogens with zero attached hydrogens (tertiary/aromatic N) is 5. The second-order valence-electron chi connectivity index (χ2n) is 15.1. The predicted molar refractivity (Wildman–Crippen MR) is 196 cm³/mol. The molecule has 11 nitrogen and oxygen atoms in total. The summed E-state index contributed by atoms with van der Waals surface area (Å²) in [6.45, 7) is 16.1. The van der Waals surface area contributed by atoms with Crippen LogP contribution in [-0.2, 0) is 21.3 Å². The van der Waals surface area contributed by atoms with Crippen molar-refractivity contribution in [3.63, 3.8) is 0 Å². The first-order valence-electron chi connectivity index (χ1n) is 17.6. The molecule has 6 rings (SSSR count). The highest BCUT2D eigenvalue weighted by atomic mass is 32.2. The number of carbonyl (C=O) groups is 1. The first-order valence-corrected chi connectivity index (χ1v) is 19.1. The summed E-state index contributed by atoms with van der Waals surface area (Å²) in [6.07, 6.45) is 5.91. The first kappa shape index (κ1) is 36.4. The quantitative estimate of drug-likeness (QED) is 0.220. The van der Waals surface area contributed by atoms with Crippen LogP contribution >= 0.6 is 0 Å². The van der Waals surface area contributed by atoms with E-state index in [9.17, 15) is 13.2 Å². The first-order chi connectivity index (χ1) is 24.2. The minimum Gasteiger partial charge on any atom is -0.475 e. The van der Waals surface area contributed by atoms with Crippen molar-refractivity contribution in [2.24, 2.45) is 5.41 Å². The van der Waals surface area contributed by atoms with Crippen LogP contribution < -0.4 is 9.46 Å². The Kier molecular flexibility index (Phi) is 10.5. The summed E-state index contributed by atoms with van der Waals surface area (Å²) in [5.74, 6) is 0.267. The van der Waals surface area contributed by atoms with Gasteiger partial charge < -0.3 is 14.4 Å². The average Bonchev–Trinajstić information content (AvgIpc) is 3.09. The fourth-order valence-corrected chi connectivity index (χ4v) is 7.88. The van der Waals surface area contributed by atoms with E-state index in [1.54, 1.807) is 29.4 Å². The summed E-state index contributed by atoms with van der Waals surface area (Å²) in [5.41, 5.74) is 5.82. The predicted octanol–water partition coefficient (Wildman–Crippen LogP) is 7.21. The van der Waals surface area contributed by atoms with Crippen molar-refractivity contribution in [1.29, 1.82) is 0 Å². The van der Waals surface area contributed by atoms with E-state index in [0.29, 0.717) is 36.6 Å². The lowest BCUT2D eigenvalue weighted by atomic mass is 9.87. The zero-order valence-corrected chi connectivity index (χ0v) is 31.4. The highest BCUT2D eigenvalue weighted by Crippen LogP contribution is 2.37. The van der Waals surface area contributed by atoms with Crippen molar-refractivity contribution in [2.45, 2.75) is 97.0 Å². The van der Waals surface area contributed by atoms with Gasteiger partial charge in [0.25, 0.3) is 15.9 Å². The van der Waals surface area contributed by atoms with Crippen molar-refractivity contribution in [3.8, 4) is 17.1 Å². The van der Waals surface area contributed by atoms with Crippen LogP contribution in [0.5, 0.6) is 5.88 Å². The van der Waals surface area contributed by atoms with E-state index in [1.165, 1.54) is 12.1 Å². The molecule has 1 saturated heterocycles. The molecule has 270 valence electrons. The maximum absolute atomic E-state index is 14.5. The van der Waals surface area contributed by atoms with Crippen LogP contribution in [0.25, 0.3) is 11.3 Å². The largest absolute Gasteiger partial charge is 0.475 e. The number of anilines is 1. The Morgan fingerprint density at radius 2 is 1.75 bits per heavy atom. The van der Waals surface area contributed by atoms with Crippen molar-refractivity contribution < 1.29 is 22.7 Å². The van der Waals surface area contributed by atoms with Crippen LogP contribution in [0.15, 0.2) is 59.8 Å². The third kappa shape index (κ3) is 8.23. The summed E-state index contributed by atoms with van der Waals surface area (Å²) in [4.78, 5) is 35.1. The van der Waals surface area contributed by atoms with E-state index in [0.717, 1.165) is 35.2 Å². The number of fused-ring (bicyclic) bond motifs is 4. The Hall–Kier alpha value is -4.42. The lowest BCUT2D eigenvalue weighted by Gasteiger charge is -2.35. The second kappa shape index (κ2) is 14.7. The van der Waals surface area contributed by atoms with Gasteiger partial charge in [-0.1, -0.05) is 58.9 Å². The van der Waals surface area contributed by atoms with Gasteiger partial charge in [-0.15, -0.1) is 0 Å². The Labute approximate surface area is 301 Å². The zero-order chi connectivity index (χ0) is 36.5. The number of rotatable bonds is 6. The molecule has 1 amide bonds. The Morgan fingerprint density at radius 3 is 2.43 bits per heavy atom. The molecule has 2 aliphatic rings. The highest BCUT2D eigenvalue weighted by Gasteiger charge is 2.32. The molecule has 12 heteroatoms. The summed E-state index contributed by atoms with van der Waals surface area (Å²) >= 11 is 0. The number of hydrogen-bond donors (Lipinski definition) is 1. The summed E-state index contributed by atoms with van der Waals surface area (Å²) in [5, 5.41) is 0. The van der Waals surface area contributed by atoms with Crippen LogP contribution in [0, 0.1) is 19.3 Å². The standard InChI is InChI=1S/C39H48N6O5S/c1-24(2)32-13-8-10-25(3)34(32)35-26(4)36-43-38(42-35)44-51(47,48)31-12-9-11-28(18-31)37(46)45(30(23-50-36)19-39(5,6)7)22-29-20-41-33(21-40-29)27-14-16-49-17-15-27/h8-13,18,20-21,24,27,30H,14-17,19,22-23H2,1-7H3,(H,42,43,44)/t30-/m1/s1. The lowest BCUT2D eigenvalue weighted by Crippen LogP contribution is -2.45. The molecule has 4 heterocycles. The normalized spacial score (nSPS) is 18.3. The minimum atomic E-state index is -4.20. The maximum atomic E-state index is 14.5. The Balaban J connectivity index is 1.47. The molecule has 0 spiro atoms. The van der Waals surface area contributed by atoms with Gasteiger partial charge in [-0.2, -0.15) is 4.98 Å². The van der Waals surface area contributed by atoms with Crippen LogP contribution in [0.4, 0.5) is 5.95 Å². The van der Waals surface area contributed by atoms with Gasteiger partial charge in [0.05, 0.1) is 40.8 Å². The molecule has 0 radical (unpaired) electrons. The van der Waals surface area contributed by atoms with Crippen molar-refractivity contribution in [1.82, 2.24) is 24.8 Å². The molecular formula is C39H48N6O5S. The number of amides is 1. The SMILES string of the molecule is Cc1cccc(C(C)C)c1-c1nc2nc(c1C)OC[C@@H](CC(C)(C)C)N(Cc1cnc(C3CCOCC3)cn1)C(=O)c1cccc(c1)S(=O)(=O)N2. The van der Waals surface area contributed by atoms with Crippen LogP contribution in [-0.4, -0.2) is 65.0 Å². The highest BCUT2D eigenvalue weighted by molar-refractivity contribution is 7.92. The van der Waals surface area contributed by atoms with E-state index < -0.39 is 16.1 Å². The second-order valence-corrected chi connectivity index (χ2v) is 16.8. The molecule has 0 unspecified atom stereocenters. The molecule has 0 aliphatic carbocycles. The topological polar surface area (TPSA) is 136 Å². The number of aromatic nitrogens is 4. The summed E-state index contributed by atoms with van der Waals surface area (Å²) in [6, 6.07) is 11.7. The molecule has 0 saturated carbocycles. The molecule has 2 aliphatic heterocycles. The van der Waals surface area contributed by atoms with Crippen molar-refractivity contribution in [2.75, 3.05) is 24.5 Å². The third-order valence-corrected chi connectivity index (χ3v) is 10.9. The van der Waals surface area contributed by atoms with E-state index in [-0.39, 0.29) is 58.6 Å². The van der Waals surface area contributed by atoms with Gasteiger partial charge in [0.1, 0.15) is 6.61 Å². The monoisotopic (exact) mass is 712 g/mol. The van der Waals surface area contributed by atoms with Crippen LogP contribution in [0.1, 0.15) is 104 Å².